The highest BCUT2D eigenvalue weighted by Crippen LogP contribution is 2.23. The van der Waals surface area contributed by atoms with Gasteiger partial charge in [-0.3, -0.25) is 14.4 Å². The van der Waals surface area contributed by atoms with E-state index in [1.807, 2.05) is 6.92 Å². The van der Waals surface area contributed by atoms with Crippen LogP contribution >= 0.6 is 0 Å². The normalized spacial score (nSPS) is 12.7. The smallest absolute Gasteiger partial charge is 0.421 e. The average Bonchev–Trinajstić information content (AvgIpc) is 3.46. The Morgan fingerprint density at radius 3 is 2.80 bits per heavy atom. The Kier molecular flexibility index (Phi) is 8.43. The van der Waals surface area contributed by atoms with Gasteiger partial charge in [0.1, 0.15) is 18.2 Å². The largest absolute Gasteiger partial charge is 0.480 e. The van der Waals surface area contributed by atoms with Gasteiger partial charge >= 0.3 is 12.1 Å². The van der Waals surface area contributed by atoms with E-state index in [4.69, 9.17) is 16.2 Å². The summed E-state index contributed by atoms with van der Waals surface area (Å²) < 4.78 is 8.48. The van der Waals surface area contributed by atoms with Crippen molar-refractivity contribution in [1.82, 2.24) is 24.1 Å². The number of carboxylic acid groups (broad SMARTS) is 1. The van der Waals surface area contributed by atoms with E-state index in [0.29, 0.717) is 18.5 Å². The highest BCUT2D eigenvalue weighted by molar-refractivity contribution is 5.80. The molecule has 0 aliphatic heterocycles. The second-order valence-electron chi connectivity index (χ2n) is 7.78. The average molecular weight is 488 g/mol. The summed E-state index contributed by atoms with van der Waals surface area (Å²) in [6, 6.07) is 2.19. The van der Waals surface area contributed by atoms with Gasteiger partial charge in [0.05, 0.1) is 6.33 Å². The molecule has 3 heterocycles. The minimum atomic E-state index is -1.09. The van der Waals surface area contributed by atoms with Gasteiger partial charge in [-0.2, -0.15) is 0 Å². The van der Waals surface area contributed by atoms with Gasteiger partial charge in [0.25, 0.3) is 5.56 Å². The number of fused-ring (bicyclic) bond motifs is 1. The Labute approximate surface area is 200 Å². The molecule has 0 aliphatic rings. The number of hydrogen-bond donors (Lipinski definition) is 5. The number of hydrogen-bond acceptors (Lipinski definition) is 8. The Morgan fingerprint density at radius 2 is 2.09 bits per heavy atom. The van der Waals surface area contributed by atoms with Gasteiger partial charge in [-0.05, 0) is 31.4 Å². The SMILES string of the molecule is CCCCC(OC(=O)n1cccc1N[C@@H](CCCN=C(N)N)C(=O)O)n1cnc2c(=O)[nH]cnc21. The molecular weight excluding hydrogens is 458 g/mol. The van der Waals surface area contributed by atoms with E-state index in [2.05, 4.69) is 25.3 Å². The number of rotatable bonds is 12. The van der Waals surface area contributed by atoms with Gasteiger partial charge in [-0.25, -0.2) is 24.1 Å². The number of imidazole rings is 1. The second-order valence-corrected chi connectivity index (χ2v) is 7.78. The fourth-order valence-corrected chi connectivity index (χ4v) is 3.48. The van der Waals surface area contributed by atoms with Crippen LogP contribution in [-0.4, -0.2) is 59.8 Å². The van der Waals surface area contributed by atoms with Gasteiger partial charge in [0, 0.05) is 19.2 Å². The first kappa shape index (κ1) is 25.3. The van der Waals surface area contributed by atoms with Crippen molar-refractivity contribution in [3.63, 3.8) is 0 Å². The molecule has 0 fully saturated rings. The zero-order valence-electron chi connectivity index (χ0n) is 19.3. The molecule has 0 aromatic carbocycles. The summed E-state index contributed by atoms with van der Waals surface area (Å²) in [5.41, 5.74) is 10.6. The molecule has 3 rings (SSSR count). The maximum absolute atomic E-state index is 13.1. The van der Waals surface area contributed by atoms with Crippen LogP contribution in [-0.2, 0) is 9.53 Å². The van der Waals surface area contributed by atoms with Gasteiger partial charge in [-0.15, -0.1) is 0 Å². The molecule has 0 spiro atoms. The van der Waals surface area contributed by atoms with E-state index >= 15 is 0 Å². The quantitative estimate of drug-likeness (QED) is 0.140. The maximum atomic E-state index is 13.1. The number of H-pyrrole nitrogens is 1. The van der Waals surface area contributed by atoms with E-state index in [0.717, 1.165) is 12.8 Å². The van der Waals surface area contributed by atoms with Crippen molar-refractivity contribution in [2.24, 2.45) is 16.5 Å². The second kappa shape index (κ2) is 11.7. The summed E-state index contributed by atoms with van der Waals surface area (Å²) in [5.74, 6) is -0.897. The number of anilines is 1. The third-order valence-corrected chi connectivity index (χ3v) is 5.23. The zero-order chi connectivity index (χ0) is 25.4. The molecule has 0 saturated carbocycles. The molecule has 0 amide bonds. The highest BCUT2D eigenvalue weighted by Gasteiger charge is 2.24. The summed E-state index contributed by atoms with van der Waals surface area (Å²) >= 11 is 0. The maximum Gasteiger partial charge on any atom is 0.421 e. The van der Waals surface area contributed by atoms with E-state index in [1.54, 1.807) is 16.7 Å². The molecule has 2 atom stereocenters. The number of guanidine groups is 1. The Morgan fingerprint density at radius 1 is 1.29 bits per heavy atom. The van der Waals surface area contributed by atoms with Gasteiger partial charge in [0.2, 0.25) is 0 Å². The third-order valence-electron chi connectivity index (χ3n) is 5.23. The van der Waals surface area contributed by atoms with Crippen LogP contribution in [0.3, 0.4) is 0 Å². The van der Waals surface area contributed by atoms with E-state index < -0.39 is 29.9 Å². The van der Waals surface area contributed by atoms with Crippen LogP contribution in [0.1, 0.15) is 45.3 Å². The molecule has 3 aromatic heterocycles. The minimum Gasteiger partial charge on any atom is -0.480 e. The fourth-order valence-electron chi connectivity index (χ4n) is 3.48. The highest BCUT2D eigenvalue weighted by atomic mass is 16.6. The molecule has 188 valence electrons. The van der Waals surface area contributed by atoms with Crippen molar-refractivity contribution in [2.45, 2.75) is 51.3 Å². The lowest BCUT2D eigenvalue weighted by molar-refractivity contribution is -0.138. The summed E-state index contributed by atoms with van der Waals surface area (Å²) in [6.07, 6.45) is 5.35. The topological polar surface area (TPSA) is 209 Å². The molecule has 0 aliphatic carbocycles. The number of nitrogens with two attached hydrogens (primary N) is 2. The number of unbranched alkanes of at least 4 members (excludes halogenated alkanes) is 1. The molecule has 7 N–H and O–H groups in total. The first-order valence-electron chi connectivity index (χ1n) is 11.1. The number of aliphatic carboxylic acids is 1. The molecule has 1 unspecified atom stereocenters. The van der Waals surface area contributed by atoms with Crippen LogP contribution in [0.2, 0.25) is 0 Å². The molecule has 35 heavy (non-hydrogen) atoms. The molecule has 0 saturated heterocycles. The third kappa shape index (κ3) is 6.37. The lowest BCUT2D eigenvalue weighted by atomic mass is 10.1. The zero-order valence-corrected chi connectivity index (χ0v) is 19.3. The van der Waals surface area contributed by atoms with Crippen molar-refractivity contribution in [3.05, 3.63) is 41.3 Å². The number of aromatic amines is 1. The van der Waals surface area contributed by atoms with E-state index in [1.165, 1.54) is 23.4 Å². The first-order valence-corrected chi connectivity index (χ1v) is 11.1. The molecule has 14 nitrogen and oxygen atoms in total. The van der Waals surface area contributed by atoms with Crippen LogP contribution in [0.5, 0.6) is 0 Å². The predicted molar refractivity (Wildman–Crippen MR) is 128 cm³/mol. The van der Waals surface area contributed by atoms with Gasteiger partial charge < -0.3 is 31.6 Å². The van der Waals surface area contributed by atoms with Crippen molar-refractivity contribution >= 4 is 35.0 Å². The monoisotopic (exact) mass is 487 g/mol. The Hall–Kier alpha value is -4.36. The minimum absolute atomic E-state index is 0.0652. The number of nitrogens with one attached hydrogen (secondary N) is 2. The van der Waals surface area contributed by atoms with E-state index in [-0.39, 0.29) is 30.3 Å². The molecule has 3 aromatic rings. The molecular formula is C21H29N9O5. The van der Waals surface area contributed by atoms with Crippen molar-refractivity contribution in [2.75, 3.05) is 11.9 Å². The van der Waals surface area contributed by atoms with Gasteiger partial charge in [0.15, 0.2) is 23.4 Å². The summed E-state index contributed by atoms with van der Waals surface area (Å²) in [4.78, 5) is 51.4. The Balaban J connectivity index is 1.77. The number of aromatic nitrogens is 5. The van der Waals surface area contributed by atoms with E-state index in [9.17, 15) is 19.5 Å². The van der Waals surface area contributed by atoms with Crippen LogP contribution in [0.4, 0.5) is 10.6 Å². The number of nitrogens with zero attached hydrogens (tertiary/aromatic N) is 5. The predicted octanol–water partition coefficient (Wildman–Crippen LogP) is 1.21. The molecule has 0 radical (unpaired) electrons. The lowest BCUT2D eigenvalue weighted by Gasteiger charge is -2.21. The van der Waals surface area contributed by atoms with Crippen molar-refractivity contribution in [3.8, 4) is 0 Å². The Bertz CT molecular complexity index is 1240. The molecule has 14 heteroatoms. The number of carboxylic acids is 1. The summed E-state index contributed by atoms with van der Waals surface area (Å²) in [5, 5.41) is 12.4. The molecule has 0 bridgehead atoms. The van der Waals surface area contributed by atoms with Crippen molar-refractivity contribution in [1.29, 1.82) is 0 Å². The summed E-state index contributed by atoms with van der Waals surface area (Å²) in [7, 11) is 0. The number of aliphatic imine (C=N–C) groups is 1. The van der Waals surface area contributed by atoms with Crippen molar-refractivity contribution < 1.29 is 19.4 Å². The first-order chi connectivity index (χ1) is 16.8. The standard InChI is InChI=1S/C21H29N9O5/c1-2-3-8-15(30-12-27-16-17(30)25-11-26-18(16)31)35-21(34)29-10-5-7-14(29)28-13(19(32)33)6-4-9-24-20(22)23/h5,7,10-13,15,28H,2-4,6,8-9H2,1H3,(H,32,33)(H4,22,23,24)(H,25,26,31)/t13-,15?/m0/s1. The fraction of sp³-hybridized carbons (Fsp3) is 0.429. The number of carbonyl (C=O) groups is 2. The lowest BCUT2D eigenvalue weighted by Crippen LogP contribution is -2.31. The number of carbonyl (C=O) groups excluding carboxylic acids is 1. The number of ether oxygens (including phenoxy) is 1. The van der Waals surface area contributed by atoms with Crippen LogP contribution in [0.25, 0.3) is 11.2 Å². The van der Waals surface area contributed by atoms with Crippen LogP contribution < -0.4 is 22.3 Å². The summed E-state index contributed by atoms with van der Waals surface area (Å²) in [6.45, 7) is 2.28. The van der Waals surface area contributed by atoms with Crippen LogP contribution in [0, 0.1) is 0 Å². The van der Waals surface area contributed by atoms with Crippen LogP contribution in [0.15, 0.2) is 40.8 Å². The van der Waals surface area contributed by atoms with Gasteiger partial charge in [-0.1, -0.05) is 13.3 Å².